The summed E-state index contributed by atoms with van der Waals surface area (Å²) in [7, 11) is 0. The second-order valence-electron chi connectivity index (χ2n) is 4.18. The second-order valence-corrected chi connectivity index (χ2v) is 4.18. The van der Waals surface area contributed by atoms with Crippen molar-refractivity contribution >= 4 is 5.95 Å². The average molecular weight is 221 g/mol. The lowest BCUT2D eigenvalue weighted by Crippen LogP contribution is -2.13. The van der Waals surface area contributed by atoms with Gasteiger partial charge in [0.2, 0.25) is 11.8 Å². The van der Waals surface area contributed by atoms with Crippen molar-refractivity contribution in [1.82, 2.24) is 9.97 Å². The Morgan fingerprint density at radius 1 is 1.44 bits per heavy atom. The van der Waals surface area contributed by atoms with Crippen LogP contribution in [0.25, 0.3) is 0 Å². The highest BCUT2D eigenvalue weighted by Crippen LogP contribution is 2.24. The molecule has 0 unspecified atom stereocenters. The van der Waals surface area contributed by atoms with Crippen molar-refractivity contribution < 1.29 is 4.74 Å². The number of ether oxygens (including phenoxy) is 1. The molecule has 1 N–H and O–H groups in total. The van der Waals surface area contributed by atoms with Gasteiger partial charge in [0.15, 0.2) is 0 Å². The Hall–Kier alpha value is -1.32. The van der Waals surface area contributed by atoms with E-state index in [4.69, 9.17) is 4.74 Å². The van der Waals surface area contributed by atoms with Gasteiger partial charge in [0.25, 0.3) is 0 Å². The van der Waals surface area contributed by atoms with Gasteiger partial charge in [-0.05, 0) is 25.7 Å². The largest absolute Gasteiger partial charge is 0.478 e. The normalized spacial score (nSPS) is 16.3. The molecular formula is C12H19N3O. The molecule has 1 saturated carbocycles. The van der Waals surface area contributed by atoms with Gasteiger partial charge in [-0.15, -0.1) is 0 Å². The molecule has 1 aliphatic carbocycles. The summed E-state index contributed by atoms with van der Waals surface area (Å²) in [6, 6.07) is 1.78. The molecule has 1 fully saturated rings. The Labute approximate surface area is 96.4 Å². The lowest BCUT2D eigenvalue weighted by atomic mass is 10.1. The quantitative estimate of drug-likeness (QED) is 0.829. The number of nitrogens with one attached hydrogen (secondary N) is 1. The van der Waals surface area contributed by atoms with E-state index in [1.54, 1.807) is 12.3 Å². The molecule has 1 aromatic heterocycles. The Morgan fingerprint density at radius 3 is 3.00 bits per heavy atom. The van der Waals surface area contributed by atoms with Crippen molar-refractivity contribution in [2.24, 2.45) is 5.92 Å². The minimum atomic E-state index is 0.638. The van der Waals surface area contributed by atoms with Crippen molar-refractivity contribution in [3.05, 3.63) is 12.3 Å². The van der Waals surface area contributed by atoms with E-state index < -0.39 is 0 Å². The molecule has 4 nitrogen and oxygen atoms in total. The first-order chi connectivity index (χ1) is 7.88. The minimum absolute atomic E-state index is 0.638. The maximum Gasteiger partial charge on any atom is 0.225 e. The molecule has 88 valence electrons. The predicted molar refractivity (Wildman–Crippen MR) is 63.6 cm³/mol. The maximum absolute atomic E-state index is 5.33. The molecule has 16 heavy (non-hydrogen) atoms. The lowest BCUT2D eigenvalue weighted by Gasteiger charge is -2.10. The van der Waals surface area contributed by atoms with E-state index in [9.17, 15) is 0 Å². The number of hydrogen-bond acceptors (Lipinski definition) is 4. The van der Waals surface area contributed by atoms with Gasteiger partial charge in [-0.1, -0.05) is 12.8 Å². The first-order valence-electron chi connectivity index (χ1n) is 6.08. The summed E-state index contributed by atoms with van der Waals surface area (Å²) in [5.41, 5.74) is 0. The molecule has 0 atom stereocenters. The van der Waals surface area contributed by atoms with Gasteiger partial charge < -0.3 is 10.1 Å². The highest BCUT2D eigenvalue weighted by Gasteiger charge is 2.14. The van der Waals surface area contributed by atoms with Gasteiger partial charge in [-0.2, -0.15) is 4.98 Å². The van der Waals surface area contributed by atoms with E-state index in [0.29, 0.717) is 18.4 Å². The van der Waals surface area contributed by atoms with Crippen LogP contribution < -0.4 is 10.1 Å². The van der Waals surface area contributed by atoms with Crippen LogP contribution in [-0.2, 0) is 0 Å². The third-order valence-corrected chi connectivity index (χ3v) is 2.95. The molecular weight excluding hydrogens is 202 g/mol. The van der Waals surface area contributed by atoms with Crippen molar-refractivity contribution in [3.63, 3.8) is 0 Å². The zero-order chi connectivity index (χ0) is 11.2. The van der Waals surface area contributed by atoms with Crippen molar-refractivity contribution in [2.75, 3.05) is 18.5 Å². The molecule has 4 heteroatoms. The molecule has 0 spiro atoms. The van der Waals surface area contributed by atoms with E-state index in [2.05, 4.69) is 15.3 Å². The minimum Gasteiger partial charge on any atom is -0.478 e. The summed E-state index contributed by atoms with van der Waals surface area (Å²) in [4.78, 5) is 8.46. The van der Waals surface area contributed by atoms with Crippen LogP contribution in [0.4, 0.5) is 5.95 Å². The molecule has 0 aliphatic heterocycles. The van der Waals surface area contributed by atoms with Crippen LogP contribution in [-0.4, -0.2) is 23.1 Å². The topological polar surface area (TPSA) is 47.0 Å². The van der Waals surface area contributed by atoms with E-state index in [1.807, 2.05) is 6.92 Å². The monoisotopic (exact) mass is 221 g/mol. The number of nitrogens with zero attached hydrogens (tertiary/aromatic N) is 2. The summed E-state index contributed by atoms with van der Waals surface area (Å²) >= 11 is 0. The van der Waals surface area contributed by atoms with Crippen LogP contribution in [0.2, 0.25) is 0 Å². The average Bonchev–Trinajstić information content (AvgIpc) is 2.80. The van der Waals surface area contributed by atoms with E-state index in [1.165, 1.54) is 25.7 Å². The van der Waals surface area contributed by atoms with E-state index in [0.717, 1.165) is 12.5 Å². The highest BCUT2D eigenvalue weighted by molar-refractivity contribution is 5.27. The maximum atomic E-state index is 5.33. The van der Waals surface area contributed by atoms with Crippen molar-refractivity contribution in [2.45, 2.75) is 32.6 Å². The summed E-state index contributed by atoms with van der Waals surface area (Å²) < 4.78 is 5.33. The van der Waals surface area contributed by atoms with E-state index >= 15 is 0 Å². The zero-order valence-corrected chi connectivity index (χ0v) is 9.78. The highest BCUT2D eigenvalue weighted by atomic mass is 16.5. The van der Waals surface area contributed by atoms with Gasteiger partial charge >= 0.3 is 0 Å². The van der Waals surface area contributed by atoms with Crippen molar-refractivity contribution in [3.8, 4) is 5.88 Å². The molecule has 0 radical (unpaired) electrons. The van der Waals surface area contributed by atoms with Crippen LogP contribution in [0.1, 0.15) is 32.6 Å². The fourth-order valence-electron chi connectivity index (χ4n) is 2.11. The van der Waals surface area contributed by atoms with Crippen LogP contribution in [0.3, 0.4) is 0 Å². The van der Waals surface area contributed by atoms with Crippen LogP contribution in [0, 0.1) is 5.92 Å². The molecule has 0 amide bonds. The molecule has 1 aromatic rings. The standard InChI is InChI=1S/C12H19N3O/c1-2-16-11-7-8-13-12(15-11)14-9-10-5-3-4-6-10/h7-8,10H,2-6,9H2,1H3,(H,13,14,15). The predicted octanol–water partition coefficient (Wildman–Crippen LogP) is 2.48. The SMILES string of the molecule is CCOc1ccnc(NCC2CCCC2)n1. The fraction of sp³-hybridized carbons (Fsp3) is 0.667. The van der Waals surface area contributed by atoms with Crippen LogP contribution in [0.15, 0.2) is 12.3 Å². The van der Waals surface area contributed by atoms with Gasteiger partial charge in [-0.3, -0.25) is 0 Å². The molecule has 0 bridgehead atoms. The molecule has 1 heterocycles. The number of rotatable bonds is 5. The molecule has 2 rings (SSSR count). The van der Waals surface area contributed by atoms with Crippen LogP contribution >= 0.6 is 0 Å². The zero-order valence-electron chi connectivity index (χ0n) is 9.78. The fourth-order valence-corrected chi connectivity index (χ4v) is 2.11. The third kappa shape index (κ3) is 3.08. The Kier molecular flexibility index (Phi) is 3.97. The summed E-state index contributed by atoms with van der Waals surface area (Å²) in [6.07, 6.45) is 7.13. The van der Waals surface area contributed by atoms with Gasteiger partial charge in [0, 0.05) is 18.8 Å². The summed E-state index contributed by atoms with van der Waals surface area (Å²) in [5, 5.41) is 3.28. The molecule has 0 saturated heterocycles. The number of anilines is 1. The molecule has 1 aliphatic rings. The number of hydrogen-bond donors (Lipinski definition) is 1. The van der Waals surface area contributed by atoms with E-state index in [-0.39, 0.29) is 0 Å². The van der Waals surface area contributed by atoms with Crippen molar-refractivity contribution in [1.29, 1.82) is 0 Å². The summed E-state index contributed by atoms with van der Waals surface area (Å²) in [6.45, 7) is 3.57. The Morgan fingerprint density at radius 2 is 2.25 bits per heavy atom. The Bertz CT molecular complexity index is 324. The summed E-state index contributed by atoms with van der Waals surface area (Å²) in [5.74, 6) is 2.11. The number of aromatic nitrogens is 2. The first kappa shape index (κ1) is 11.2. The second kappa shape index (κ2) is 5.68. The molecule has 0 aromatic carbocycles. The van der Waals surface area contributed by atoms with Gasteiger partial charge in [-0.25, -0.2) is 4.98 Å². The third-order valence-electron chi connectivity index (χ3n) is 2.95. The van der Waals surface area contributed by atoms with Gasteiger partial charge in [0.05, 0.1) is 6.61 Å². The lowest BCUT2D eigenvalue weighted by molar-refractivity contribution is 0.326. The first-order valence-corrected chi connectivity index (χ1v) is 6.08. The Balaban J connectivity index is 1.85. The van der Waals surface area contributed by atoms with Gasteiger partial charge in [0.1, 0.15) is 0 Å². The van der Waals surface area contributed by atoms with Crippen LogP contribution in [0.5, 0.6) is 5.88 Å². The smallest absolute Gasteiger partial charge is 0.225 e.